The summed E-state index contributed by atoms with van der Waals surface area (Å²) in [5.41, 5.74) is 3.44. The van der Waals surface area contributed by atoms with Gasteiger partial charge in [-0.2, -0.15) is 0 Å². The van der Waals surface area contributed by atoms with Crippen molar-refractivity contribution in [3.05, 3.63) is 52.9 Å². The van der Waals surface area contributed by atoms with Crippen LogP contribution in [0, 0.1) is 19.8 Å². The number of hydrogen-bond acceptors (Lipinski definition) is 3. The highest BCUT2D eigenvalue weighted by Gasteiger charge is 2.33. The molecular weight excluding hydrogens is 288 g/mol. The predicted molar refractivity (Wildman–Crippen MR) is 89.2 cm³/mol. The summed E-state index contributed by atoms with van der Waals surface area (Å²) >= 11 is 0. The van der Waals surface area contributed by atoms with Gasteiger partial charge >= 0.3 is 0 Å². The molecule has 4 heteroatoms. The average molecular weight is 312 g/mol. The lowest BCUT2D eigenvalue weighted by Crippen LogP contribution is -2.27. The minimum Gasteiger partial charge on any atom is -0.361 e. The van der Waals surface area contributed by atoms with Crippen LogP contribution in [-0.2, 0) is 11.2 Å². The van der Waals surface area contributed by atoms with Crippen LogP contribution < -0.4 is 5.32 Å². The van der Waals surface area contributed by atoms with Gasteiger partial charge in [0.2, 0.25) is 5.91 Å². The standard InChI is InChI=1S/C19H24N2O2/c1-13-3-5-15(6-4-13)18(16-7-8-16)12-19(22)20-10-9-17-11-14(2)23-21-17/h3-6,11,16,18H,7-10,12H2,1-2H3,(H,20,22). The molecule has 1 saturated carbocycles. The van der Waals surface area contributed by atoms with Crippen LogP contribution in [0.25, 0.3) is 0 Å². The minimum absolute atomic E-state index is 0.127. The lowest BCUT2D eigenvalue weighted by atomic mass is 9.90. The van der Waals surface area contributed by atoms with E-state index in [2.05, 4.69) is 41.7 Å². The summed E-state index contributed by atoms with van der Waals surface area (Å²) < 4.78 is 5.03. The number of rotatable bonds is 7. The maximum Gasteiger partial charge on any atom is 0.220 e. The number of carbonyl (C=O) groups is 1. The first-order valence-corrected chi connectivity index (χ1v) is 8.37. The fourth-order valence-corrected chi connectivity index (χ4v) is 3.01. The van der Waals surface area contributed by atoms with Gasteiger partial charge in [-0.25, -0.2) is 0 Å². The summed E-state index contributed by atoms with van der Waals surface area (Å²) in [4.78, 5) is 12.3. The number of aryl methyl sites for hydroxylation is 2. The lowest BCUT2D eigenvalue weighted by molar-refractivity contribution is -0.121. The van der Waals surface area contributed by atoms with Crippen molar-refractivity contribution in [3.8, 4) is 0 Å². The van der Waals surface area contributed by atoms with E-state index in [9.17, 15) is 4.79 Å². The van der Waals surface area contributed by atoms with E-state index in [4.69, 9.17) is 4.52 Å². The van der Waals surface area contributed by atoms with Crippen molar-refractivity contribution in [2.45, 2.75) is 45.4 Å². The van der Waals surface area contributed by atoms with Crippen molar-refractivity contribution in [3.63, 3.8) is 0 Å². The van der Waals surface area contributed by atoms with E-state index in [1.807, 2.05) is 13.0 Å². The molecule has 1 heterocycles. The van der Waals surface area contributed by atoms with Crippen LogP contribution in [0.3, 0.4) is 0 Å². The summed E-state index contributed by atoms with van der Waals surface area (Å²) in [5.74, 6) is 1.95. The molecule has 1 aromatic carbocycles. The number of nitrogens with zero attached hydrogens (tertiary/aromatic N) is 1. The monoisotopic (exact) mass is 312 g/mol. The molecule has 1 aliphatic carbocycles. The first-order valence-electron chi connectivity index (χ1n) is 8.37. The molecule has 1 amide bonds. The van der Waals surface area contributed by atoms with Crippen LogP contribution >= 0.6 is 0 Å². The Morgan fingerprint density at radius 1 is 1.30 bits per heavy atom. The van der Waals surface area contributed by atoms with E-state index >= 15 is 0 Å². The topological polar surface area (TPSA) is 55.1 Å². The van der Waals surface area contributed by atoms with Crippen LogP contribution in [0.15, 0.2) is 34.9 Å². The van der Waals surface area contributed by atoms with E-state index in [1.165, 1.54) is 24.0 Å². The van der Waals surface area contributed by atoms with Gasteiger partial charge in [0.25, 0.3) is 0 Å². The Labute approximate surface area is 137 Å². The number of nitrogens with one attached hydrogen (secondary N) is 1. The molecule has 1 N–H and O–H groups in total. The highest BCUT2D eigenvalue weighted by Crippen LogP contribution is 2.44. The first kappa shape index (κ1) is 15.8. The van der Waals surface area contributed by atoms with Gasteiger partial charge < -0.3 is 9.84 Å². The Hall–Kier alpha value is -2.10. The summed E-state index contributed by atoms with van der Waals surface area (Å²) in [6.07, 6.45) is 3.77. The van der Waals surface area contributed by atoms with E-state index < -0.39 is 0 Å². The molecule has 1 fully saturated rings. The smallest absolute Gasteiger partial charge is 0.220 e. The molecule has 1 aromatic heterocycles. The maximum absolute atomic E-state index is 12.3. The van der Waals surface area contributed by atoms with Crippen molar-refractivity contribution < 1.29 is 9.32 Å². The normalized spacial score (nSPS) is 15.4. The van der Waals surface area contributed by atoms with Crippen LogP contribution in [0.5, 0.6) is 0 Å². The molecule has 0 bridgehead atoms. The molecule has 3 rings (SSSR count). The van der Waals surface area contributed by atoms with Crippen LogP contribution in [0.4, 0.5) is 0 Å². The van der Waals surface area contributed by atoms with E-state index in [0.29, 0.717) is 31.2 Å². The fourth-order valence-electron chi connectivity index (χ4n) is 3.01. The zero-order valence-electron chi connectivity index (χ0n) is 13.8. The fraction of sp³-hybridized carbons (Fsp3) is 0.474. The lowest BCUT2D eigenvalue weighted by Gasteiger charge is -2.16. The molecule has 1 aliphatic rings. The highest BCUT2D eigenvalue weighted by molar-refractivity contribution is 5.77. The highest BCUT2D eigenvalue weighted by atomic mass is 16.5. The second kappa shape index (κ2) is 6.99. The number of amides is 1. The number of benzene rings is 1. The molecule has 122 valence electrons. The van der Waals surface area contributed by atoms with Crippen molar-refractivity contribution in [2.75, 3.05) is 6.54 Å². The molecule has 0 aliphatic heterocycles. The number of aromatic nitrogens is 1. The van der Waals surface area contributed by atoms with Crippen molar-refractivity contribution >= 4 is 5.91 Å². The van der Waals surface area contributed by atoms with Crippen molar-refractivity contribution in [2.24, 2.45) is 5.92 Å². The molecule has 1 unspecified atom stereocenters. The zero-order valence-corrected chi connectivity index (χ0v) is 13.8. The Morgan fingerprint density at radius 2 is 2.04 bits per heavy atom. The van der Waals surface area contributed by atoms with Gasteiger partial charge in [-0.1, -0.05) is 35.0 Å². The van der Waals surface area contributed by atoms with Gasteiger partial charge in [-0.15, -0.1) is 0 Å². The van der Waals surface area contributed by atoms with Crippen LogP contribution in [0.2, 0.25) is 0 Å². The van der Waals surface area contributed by atoms with E-state index in [0.717, 1.165) is 11.5 Å². The SMILES string of the molecule is Cc1ccc(C(CC(=O)NCCc2cc(C)on2)C2CC2)cc1. The van der Waals surface area contributed by atoms with E-state index in [1.54, 1.807) is 0 Å². The summed E-state index contributed by atoms with van der Waals surface area (Å²) in [7, 11) is 0. The number of hydrogen-bond donors (Lipinski definition) is 1. The quantitative estimate of drug-likeness (QED) is 0.851. The second-order valence-corrected chi connectivity index (χ2v) is 6.59. The largest absolute Gasteiger partial charge is 0.361 e. The minimum atomic E-state index is 0.127. The van der Waals surface area contributed by atoms with Gasteiger partial charge in [0.1, 0.15) is 5.76 Å². The molecule has 1 atom stereocenters. The second-order valence-electron chi connectivity index (χ2n) is 6.59. The Morgan fingerprint density at radius 3 is 2.65 bits per heavy atom. The van der Waals surface area contributed by atoms with Gasteiger partial charge in [0.15, 0.2) is 0 Å². The summed E-state index contributed by atoms with van der Waals surface area (Å²) in [6.45, 7) is 4.57. The summed E-state index contributed by atoms with van der Waals surface area (Å²) in [5, 5.41) is 6.96. The summed E-state index contributed by atoms with van der Waals surface area (Å²) in [6, 6.07) is 10.5. The van der Waals surface area contributed by atoms with Crippen molar-refractivity contribution in [1.82, 2.24) is 10.5 Å². The van der Waals surface area contributed by atoms with Crippen LogP contribution in [0.1, 0.15) is 47.8 Å². The van der Waals surface area contributed by atoms with E-state index in [-0.39, 0.29) is 5.91 Å². The molecule has 2 aromatic rings. The predicted octanol–water partition coefficient (Wildman–Crippen LogP) is 3.53. The molecule has 23 heavy (non-hydrogen) atoms. The Bertz CT molecular complexity index is 656. The van der Waals surface area contributed by atoms with Gasteiger partial charge in [-0.3, -0.25) is 4.79 Å². The molecule has 4 nitrogen and oxygen atoms in total. The third kappa shape index (κ3) is 4.44. The van der Waals surface area contributed by atoms with Crippen LogP contribution in [-0.4, -0.2) is 17.6 Å². The van der Waals surface area contributed by atoms with Gasteiger partial charge in [0, 0.05) is 25.5 Å². The molecule has 0 spiro atoms. The molecule has 0 saturated heterocycles. The number of carbonyl (C=O) groups excluding carboxylic acids is 1. The Kier molecular flexibility index (Phi) is 4.79. The first-order chi connectivity index (χ1) is 11.1. The van der Waals surface area contributed by atoms with Crippen molar-refractivity contribution in [1.29, 1.82) is 0 Å². The third-order valence-electron chi connectivity index (χ3n) is 4.48. The zero-order chi connectivity index (χ0) is 16.2. The van der Waals surface area contributed by atoms with Gasteiger partial charge in [0.05, 0.1) is 5.69 Å². The third-order valence-corrected chi connectivity index (χ3v) is 4.48. The average Bonchev–Trinajstić information content (AvgIpc) is 3.29. The van der Waals surface area contributed by atoms with Gasteiger partial charge in [-0.05, 0) is 44.1 Å². The Balaban J connectivity index is 1.51. The maximum atomic E-state index is 12.3. The molecule has 0 radical (unpaired) electrons. The molecular formula is C19H24N2O2.